The molecule has 22 N–H and O–H groups in total. The maximum Gasteiger partial charge on any atom is 0.334 e. The van der Waals surface area contributed by atoms with Gasteiger partial charge in [-0.1, -0.05) is 74.5 Å². The van der Waals surface area contributed by atoms with Crippen molar-refractivity contribution >= 4 is 82.0 Å². The topological polar surface area (TPSA) is 490 Å². The van der Waals surface area contributed by atoms with Crippen molar-refractivity contribution in [3.63, 3.8) is 0 Å². The number of unbranched alkanes of at least 4 members (excludes halogenated alkanes) is 1. The van der Waals surface area contributed by atoms with Crippen molar-refractivity contribution < 1.29 is 63.0 Å². The summed E-state index contributed by atoms with van der Waals surface area (Å²) in [7, 11) is 1.54. The number of para-hydroxylation sites is 1. The first kappa shape index (κ1) is 71.6. The molecule has 0 aliphatic heterocycles. The highest BCUT2D eigenvalue weighted by molar-refractivity contribution is 5.99. The molecule has 9 atom stereocenters. The van der Waals surface area contributed by atoms with Crippen molar-refractivity contribution in [1.29, 1.82) is 5.41 Å². The second-order valence-corrected chi connectivity index (χ2v) is 21.7. The first-order valence-corrected chi connectivity index (χ1v) is 29.1. The largest absolute Gasteiger partial charge is 0.508 e. The Bertz CT molecular complexity index is 3070. The Morgan fingerprint density at radius 2 is 1.11 bits per heavy atom. The fraction of sp³-hybridized carbons (Fsp3) is 0.458. The molecule has 484 valence electrons. The Labute approximate surface area is 514 Å². The van der Waals surface area contributed by atoms with Crippen molar-refractivity contribution in [2.24, 2.45) is 23.1 Å². The van der Waals surface area contributed by atoms with Crippen LogP contribution in [0.2, 0.25) is 0 Å². The number of hydrogen-bond donors (Lipinski definition) is 19. The van der Waals surface area contributed by atoms with Gasteiger partial charge >= 0.3 is 6.03 Å². The lowest BCUT2D eigenvalue weighted by atomic mass is 10.0. The van der Waals surface area contributed by atoms with Crippen molar-refractivity contribution in [2.75, 3.05) is 20.1 Å². The van der Waals surface area contributed by atoms with E-state index in [4.69, 9.17) is 22.6 Å². The number of hydrogen-bond acceptors (Lipinski definition) is 15. The fourth-order valence-electron chi connectivity index (χ4n) is 9.29. The van der Waals surface area contributed by atoms with Crippen LogP contribution in [-0.4, -0.2) is 161 Å². The van der Waals surface area contributed by atoms with Crippen molar-refractivity contribution in [2.45, 2.75) is 146 Å². The SMILES string of the molecule is CNC(=N)NCCC[C@H](NC(=O)[C@H](CC(C)C)NC(=O)NNC(=O)[C@H](Cc1ccccc1)NC(=O)C(NC(=O)[C@H](CC(N)=O)NC(=O)[C@H](CCCCN)NC(=O)[C@@H](Cc1ccc(O)cc1)NC(C)=O)[C@@H](C)O)C(=O)N[C@@H](Cc1c[nH]c2ccccc12)C(N)=O. The number of aromatic hydroxyl groups is 1. The van der Waals surface area contributed by atoms with Crippen LogP contribution in [0.25, 0.3) is 10.9 Å². The zero-order chi connectivity index (χ0) is 65.7. The van der Waals surface area contributed by atoms with Crippen molar-refractivity contribution in [3.8, 4) is 5.75 Å². The highest BCUT2D eigenvalue weighted by Crippen LogP contribution is 2.20. The minimum atomic E-state index is -1.88. The Kier molecular flexibility index (Phi) is 29.3. The van der Waals surface area contributed by atoms with Gasteiger partial charge in [-0.25, -0.2) is 10.2 Å². The van der Waals surface area contributed by atoms with Crippen LogP contribution in [0, 0.1) is 11.3 Å². The van der Waals surface area contributed by atoms with Crippen LogP contribution in [0.3, 0.4) is 0 Å². The van der Waals surface area contributed by atoms with Gasteiger partial charge in [-0.3, -0.25) is 58.8 Å². The molecule has 0 radical (unpaired) electrons. The van der Waals surface area contributed by atoms with E-state index in [0.717, 1.165) is 17.8 Å². The second kappa shape index (κ2) is 36.3. The lowest BCUT2D eigenvalue weighted by Gasteiger charge is -2.28. The minimum absolute atomic E-state index is 0.00129. The number of carbonyl (C=O) groups is 11. The summed E-state index contributed by atoms with van der Waals surface area (Å²) in [5.74, 6) is -9.45. The van der Waals surface area contributed by atoms with Crippen LogP contribution in [0.1, 0.15) is 89.3 Å². The third kappa shape index (κ3) is 24.8. The van der Waals surface area contributed by atoms with Gasteiger partial charge in [-0.05, 0) is 92.8 Å². The van der Waals surface area contributed by atoms with E-state index in [0.29, 0.717) is 29.5 Å². The summed E-state index contributed by atoms with van der Waals surface area (Å²) in [4.78, 5) is 152. The number of nitrogens with one attached hydrogen (secondary N) is 14. The number of aliphatic hydroxyl groups excluding tert-OH is 1. The molecule has 89 heavy (non-hydrogen) atoms. The predicted octanol–water partition coefficient (Wildman–Crippen LogP) is -2.55. The summed E-state index contributed by atoms with van der Waals surface area (Å²) >= 11 is 0. The molecule has 1 heterocycles. The van der Waals surface area contributed by atoms with Gasteiger partial charge in [0.15, 0.2) is 5.96 Å². The number of nitrogens with two attached hydrogens (primary N) is 3. The number of fused-ring (bicyclic) bond motifs is 1. The quantitative estimate of drug-likeness (QED) is 0.00976. The number of phenols is 1. The molecule has 0 aliphatic rings. The number of amides is 12. The minimum Gasteiger partial charge on any atom is -0.508 e. The number of phenolic OH excluding ortho intramolecular Hbond substituents is 1. The summed E-state index contributed by atoms with van der Waals surface area (Å²) in [6, 6.07) is 8.69. The van der Waals surface area contributed by atoms with Gasteiger partial charge in [-0.15, -0.1) is 0 Å². The Hall–Kier alpha value is -9.84. The summed E-state index contributed by atoms with van der Waals surface area (Å²) in [5.41, 5.74) is 23.9. The highest BCUT2D eigenvalue weighted by atomic mass is 16.3. The van der Waals surface area contributed by atoms with Crippen LogP contribution in [0.4, 0.5) is 4.79 Å². The van der Waals surface area contributed by atoms with E-state index in [1.807, 2.05) is 24.3 Å². The summed E-state index contributed by atoms with van der Waals surface area (Å²) in [5, 5.41) is 54.9. The molecule has 0 fully saturated rings. The third-order valence-corrected chi connectivity index (χ3v) is 13.9. The van der Waals surface area contributed by atoms with E-state index in [9.17, 15) is 63.0 Å². The standard InChI is InChI=1S/C59H85N17O13/c1-32(2)26-44(53(84)69-42(19-13-25-65-58(63)64-5)51(82)70-43(50(62)81)29-37-31-66-40-17-10-9-16-39(37)40)73-59(89)76-75-56(87)46(27-35-14-7-6-8-15-35)72-57(88)49(33(3)77)74-55(86)47(30-48(61)80)71-52(83)41(18-11-12-24-60)68-54(85)45(67-34(4)78)28-36-20-22-38(79)23-21-36/h6-10,14-17,20-23,31-33,41-47,49,66,77,79H,11-13,18-19,24-30,60H2,1-5H3,(H2,61,80)(H2,62,81)(H,67,78)(H,68,85)(H,69,84)(H,70,82)(H,71,83)(H,72,88)(H,74,86)(H,75,87)(H3,63,64,65)(H2,73,76,89)/t33-,41+,42+,43+,44+,45-,46+,47+,49?/m1/s1. The molecular formula is C59H85N17O13. The van der Waals surface area contributed by atoms with Crippen molar-refractivity contribution in [1.82, 2.24) is 69.0 Å². The van der Waals surface area contributed by atoms with E-state index in [2.05, 4.69) is 69.0 Å². The number of aliphatic hydroxyl groups is 1. The Balaban J connectivity index is 1.50. The summed E-state index contributed by atoms with van der Waals surface area (Å²) < 4.78 is 0. The Morgan fingerprint density at radius 1 is 0.573 bits per heavy atom. The van der Waals surface area contributed by atoms with Crippen LogP contribution in [-0.2, 0) is 67.2 Å². The average Bonchev–Trinajstić information content (AvgIpc) is 3.26. The number of aromatic nitrogens is 1. The van der Waals surface area contributed by atoms with Crippen LogP contribution in [0.5, 0.6) is 5.75 Å². The van der Waals surface area contributed by atoms with Crippen molar-refractivity contribution in [3.05, 3.63) is 102 Å². The molecule has 30 nitrogen and oxygen atoms in total. The molecule has 1 unspecified atom stereocenters. The summed E-state index contributed by atoms with van der Waals surface area (Å²) in [6.07, 6.45) is -0.157. The zero-order valence-corrected chi connectivity index (χ0v) is 50.5. The van der Waals surface area contributed by atoms with E-state index in [1.54, 1.807) is 57.4 Å². The van der Waals surface area contributed by atoms with Gasteiger partial charge in [0, 0.05) is 56.9 Å². The first-order chi connectivity index (χ1) is 42.3. The number of primary amides is 2. The third-order valence-electron chi connectivity index (χ3n) is 13.9. The number of rotatable bonds is 35. The molecule has 4 aromatic rings. The molecule has 30 heteroatoms. The van der Waals surface area contributed by atoms with E-state index < -0.39 is 126 Å². The van der Waals surface area contributed by atoms with Gasteiger partial charge in [-0.2, -0.15) is 0 Å². The van der Waals surface area contributed by atoms with Gasteiger partial charge in [0.25, 0.3) is 5.91 Å². The molecule has 3 aromatic carbocycles. The van der Waals surface area contributed by atoms with Gasteiger partial charge < -0.3 is 85.6 Å². The molecule has 0 saturated carbocycles. The fourth-order valence-corrected chi connectivity index (χ4v) is 9.29. The predicted molar refractivity (Wildman–Crippen MR) is 328 cm³/mol. The summed E-state index contributed by atoms with van der Waals surface area (Å²) in [6.45, 7) is 6.29. The number of urea groups is 1. The Morgan fingerprint density at radius 3 is 1.70 bits per heavy atom. The zero-order valence-electron chi connectivity index (χ0n) is 50.5. The monoisotopic (exact) mass is 1240 g/mol. The lowest BCUT2D eigenvalue weighted by Crippen LogP contribution is -2.62. The van der Waals surface area contributed by atoms with Crippen LogP contribution >= 0.6 is 0 Å². The molecule has 12 amide bonds. The maximum atomic E-state index is 14.1. The number of hydrazine groups is 1. The number of guanidine groups is 1. The second-order valence-electron chi connectivity index (χ2n) is 21.7. The molecule has 4 rings (SSSR count). The first-order valence-electron chi connectivity index (χ1n) is 29.1. The van der Waals surface area contributed by atoms with E-state index in [-0.39, 0.29) is 75.7 Å². The van der Waals surface area contributed by atoms with Gasteiger partial charge in [0.2, 0.25) is 53.2 Å². The number of H-pyrrole nitrogens is 1. The average molecular weight is 1240 g/mol. The molecular weight excluding hydrogens is 1150 g/mol. The molecule has 0 spiro atoms. The normalized spacial score (nSPS) is 14.0. The van der Waals surface area contributed by atoms with Crippen LogP contribution < -0.4 is 81.2 Å². The van der Waals surface area contributed by atoms with E-state index in [1.165, 1.54) is 31.2 Å². The smallest absolute Gasteiger partial charge is 0.334 e. The van der Waals surface area contributed by atoms with E-state index >= 15 is 0 Å². The van der Waals surface area contributed by atoms with Crippen LogP contribution in [0.15, 0.2) is 85.1 Å². The number of aromatic amines is 1. The molecule has 0 aliphatic carbocycles. The number of carbonyl (C=O) groups excluding carboxylic acids is 11. The molecule has 0 bridgehead atoms. The highest BCUT2D eigenvalue weighted by Gasteiger charge is 2.36. The lowest BCUT2D eigenvalue weighted by molar-refractivity contribution is -0.137. The molecule has 0 saturated heterocycles. The maximum absolute atomic E-state index is 14.1. The van der Waals surface area contributed by atoms with Gasteiger partial charge in [0.05, 0.1) is 12.5 Å². The molecule has 1 aromatic heterocycles. The number of benzene rings is 3. The van der Waals surface area contributed by atoms with Gasteiger partial charge in [0.1, 0.15) is 54.1 Å².